The fourth-order valence-corrected chi connectivity index (χ4v) is 5.82. The Bertz CT molecular complexity index is 1580. The quantitative estimate of drug-likeness (QED) is 0.255. The maximum Gasteiger partial charge on any atom is 0.234 e. The topological polar surface area (TPSA) is 53.9 Å². The predicted molar refractivity (Wildman–Crippen MR) is 153 cm³/mol. The average molecular weight is 501 g/mol. The number of H-pyrrole nitrogens is 1. The third kappa shape index (κ3) is 4.43. The van der Waals surface area contributed by atoms with Gasteiger partial charge in [0.25, 0.3) is 0 Å². The van der Waals surface area contributed by atoms with Crippen molar-refractivity contribution < 1.29 is 4.79 Å². The lowest BCUT2D eigenvalue weighted by Crippen LogP contribution is -2.33. The summed E-state index contributed by atoms with van der Waals surface area (Å²) < 4.78 is 2.08. The minimum atomic E-state index is 0.0701. The second-order valence-electron chi connectivity index (χ2n) is 10.8. The molecule has 38 heavy (non-hydrogen) atoms. The Morgan fingerprint density at radius 1 is 0.789 bits per heavy atom. The molecule has 3 aromatic carbocycles. The Morgan fingerprint density at radius 3 is 2.39 bits per heavy atom. The van der Waals surface area contributed by atoms with Crippen molar-refractivity contribution in [1.82, 2.24) is 14.8 Å². The number of hydrogen-bond acceptors (Lipinski definition) is 2. The largest absolute Gasteiger partial charge is 0.361 e. The number of nitrogens with zero attached hydrogens (tertiary/aromatic N) is 3. The van der Waals surface area contributed by atoms with Crippen molar-refractivity contribution in [3.63, 3.8) is 0 Å². The molecule has 0 bridgehead atoms. The lowest BCUT2D eigenvalue weighted by atomic mass is 9.88. The van der Waals surface area contributed by atoms with E-state index in [0.717, 1.165) is 59.3 Å². The summed E-state index contributed by atoms with van der Waals surface area (Å²) in [5.74, 6) is 0.276. The smallest absolute Gasteiger partial charge is 0.234 e. The second kappa shape index (κ2) is 9.64. The van der Waals surface area contributed by atoms with Crippen LogP contribution in [0.3, 0.4) is 0 Å². The van der Waals surface area contributed by atoms with Crippen LogP contribution in [-0.4, -0.2) is 20.7 Å². The highest BCUT2D eigenvalue weighted by atomic mass is 16.2. The molecule has 2 aliphatic carbocycles. The van der Waals surface area contributed by atoms with Crippen LogP contribution in [0.5, 0.6) is 0 Å². The molecule has 0 saturated heterocycles. The molecule has 5 heteroatoms. The Hall–Kier alpha value is -4.12. The van der Waals surface area contributed by atoms with Crippen molar-refractivity contribution in [3.05, 3.63) is 91.4 Å². The van der Waals surface area contributed by atoms with Crippen molar-refractivity contribution in [1.29, 1.82) is 0 Å². The third-order valence-electron chi connectivity index (χ3n) is 8.15. The Labute approximate surface area is 223 Å². The molecule has 0 radical (unpaired) electrons. The monoisotopic (exact) mass is 500 g/mol. The highest BCUT2D eigenvalue weighted by Crippen LogP contribution is 2.38. The summed E-state index contributed by atoms with van der Waals surface area (Å²) in [6, 6.07) is 25.9. The molecule has 2 aliphatic rings. The average Bonchev–Trinajstić information content (AvgIpc) is 3.50. The SMILES string of the molecule is O=C(C1CCCCC1)N(c1ccc(-c2ccc3[nH]ccc3c2)cc1)c1cccc(-c2cnn(C3CC3)c2)c1. The molecule has 2 aromatic heterocycles. The van der Waals surface area contributed by atoms with E-state index in [9.17, 15) is 4.79 Å². The summed E-state index contributed by atoms with van der Waals surface area (Å²) in [7, 11) is 0. The Kier molecular flexibility index (Phi) is 5.84. The van der Waals surface area contributed by atoms with Gasteiger partial charge in [-0.05, 0) is 90.2 Å². The van der Waals surface area contributed by atoms with Crippen LogP contribution < -0.4 is 4.90 Å². The van der Waals surface area contributed by atoms with Gasteiger partial charge in [0.2, 0.25) is 5.91 Å². The number of anilines is 2. The van der Waals surface area contributed by atoms with Crippen LogP contribution in [0.25, 0.3) is 33.2 Å². The first kappa shape index (κ1) is 23.0. The highest BCUT2D eigenvalue weighted by molar-refractivity contribution is 6.02. The highest BCUT2D eigenvalue weighted by Gasteiger charge is 2.29. The lowest BCUT2D eigenvalue weighted by Gasteiger charge is -2.30. The van der Waals surface area contributed by atoms with Crippen molar-refractivity contribution in [3.8, 4) is 22.3 Å². The predicted octanol–water partition coefficient (Wildman–Crippen LogP) is 8.28. The number of amides is 1. The molecule has 5 nitrogen and oxygen atoms in total. The van der Waals surface area contributed by atoms with Crippen LogP contribution in [0.2, 0.25) is 0 Å². The van der Waals surface area contributed by atoms with E-state index in [1.807, 2.05) is 17.3 Å². The van der Waals surface area contributed by atoms with Gasteiger partial charge in [0.15, 0.2) is 0 Å². The van der Waals surface area contributed by atoms with E-state index in [1.54, 1.807) is 0 Å². The van der Waals surface area contributed by atoms with E-state index >= 15 is 0 Å². The first-order valence-electron chi connectivity index (χ1n) is 13.9. The van der Waals surface area contributed by atoms with E-state index in [1.165, 1.54) is 30.2 Å². The van der Waals surface area contributed by atoms with E-state index in [4.69, 9.17) is 0 Å². The number of fused-ring (bicyclic) bond motifs is 1. The maximum atomic E-state index is 14.0. The van der Waals surface area contributed by atoms with Gasteiger partial charge in [-0.25, -0.2) is 0 Å². The first-order valence-corrected chi connectivity index (χ1v) is 13.9. The zero-order valence-electron chi connectivity index (χ0n) is 21.5. The van der Waals surface area contributed by atoms with Gasteiger partial charge in [0.05, 0.1) is 12.2 Å². The summed E-state index contributed by atoms with van der Waals surface area (Å²) in [4.78, 5) is 19.2. The summed E-state index contributed by atoms with van der Waals surface area (Å²) in [6.07, 6.45) is 13.9. The molecule has 2 heterocycles. The van der Waals surface area contributed by atoms with Gasteiger partial charge < -0.3 is 4.98 Å². The van der Waals surface area contributed by atoms with Gasteiger partial charge in [-0.1, -0.05) is 49.6 Å². The molecule has 0 aliphatic heterocycles. The van der Waals surface area contributed by atoms with Gasteiger partial charge in [-0.2, -0.15) is 5.10 Å². The molecular weight excluding hydrogens is 468 g/mol. The van der Waals surface area contributed by atoms with Gasteiger partial charge in [0.1, 0.15) is 0 Å². The maximum absolute atomic E-state index is 14.0. The number of benzene rings is 3. The fraction of sp³-hybridized carbons (Fsp3) is 0.273. The number of rotatable bonds is 6. The summed E-state index contributed by atoms with van der Waals surface area (Å²) in [5, 5.41) is 5.78. The van der Waals surface area contributed by atoms with Crippen LogP contribution in [0.4, 0.5) is 11.4 Å². The molecule has 2 saturated carbocycles. The van der Waals surface area contributed by atoms with Crippen molar-refractivity contribution in [2.75, 3.05) is 4.90 Å². The summed E-state index contributed by atoms with van der Waals surface area (Å²) >= 11 is 0. The lowest BCUT2D eigenvalue weighted by molar-refractivity contribution is -0.122. The van der Waals surface area contributed by atoms with Gasteiger partial charge in [0, 0.05) is 40.8 Å². The minimum absolute atomic E-state index is 0.0701. The number of carbonyl (C=O) groups excluding carboxylic acids is 1. The van der Waals surface area contributed by atoms with Gasteiger partial charge in [-0.15, -0.1) is 0 Å². The summed E-state index contributed by atoms with van der Waals surface area (Å²) in [6.45, 7) is 0. The Balaban J connectivity index is 1.24. The standard InChI is InChI=1S/C33H32N4O/c38-33(24-5-2-1-3-6-24)37(31-8-4-7-25(20-31)28-21-35-36(22-28)29-14-15-29)30-12-9-23(10-13-30)26-11-16-32-27(19-26)17-18-34-32/h4,7-13,16-22,24,29,34H,1-3,5-6,14-15H2. The number of aromatic nitrogens is 3. The van der Waals surface area contributed by atoms with Crippen LogP contribution in [0.1, 0.15) is 51.0 Å². The molecule has 5 aromatic rings. The number of nitrogens with one attached hydrogen (secondary N) is 1. The van der Waals surface area contributed by atoms with E-state index in [0.29, 0.717) is 6.04 Å². The first-order chi connectivity index (χ1) is 18.7. The fourth-order valence-electron chi connectivity index (χ4n) is 5.82. The molecule has 7 rings (SSSR count). The number of carbonyl (C=O) groups is 1. The molecule has 2 fully saturated rings. The molecule has 0 spiro atoms. The van der Waals surface area contributed by atoms with E-state index in [2.05, 4.69) is 93.8 Å². The van der Waals surface area contributed by atoms with Crippen LogP contribution in [0, 0.1) is 5.92 Å². The van der Waals surface area contributed by atoms with Crippen LogP contribution in [0.15, 0.2) is 91.4 Å². The van der Waals surface area contributed by atoms with Crippen molar-refractivity contribution in [2.45, 2.75) is 51.0 Å². The molecule has 1 amide bonds. The van der Waals surface area contributed by atoms with E-state index in [-0.39, 0.29) is 11.8 Å². The summed E-state index contributed by atoms with van der Waals surface area (Å²) in [5.41, 5.74) is 7.46. The van der Waals surface area contributed by atoms with Crippen molar-refractivity contribution >= 4 is 28.2 Å². The van der Waals surface area contributed by atoms with Crippen LogP contribution >= 0.6 is 0 Å². The van der Waals surface area contributed by atoms with E-state index < -0.39 is 0 Å². The molecular formula is C33H32N4O. The van der Waals surface area contributed by atoms with Gasteiger partial charge in [-0.3, -0.25) is 14.4 Å². The third-order valence-corrected chi connectivity index (χ3v) is 8.15. The normalized spacial score (nSPS) is 16.1. The van der Waals surface area contributed by atoms with Crippen molar-refractivity contribution in [2.24, 2.45) is 5.92 Å². The number of hydrogen-bond donors (Lipinski definition) is 1. The zero-order valence-corrected chi connectivity index (χ0v) is 21.5. The van der Waals surface area contributed by atoms with Crippen LogP contribution in [-0.2, 0) is 4.79 Å². The minimum Gasteiger partial charge on any atom is -0.361 e. The molecule has 0 atom stereocenters. The second-order valence-corrected chi connectivity index (χ2v) is 10.8. The molecule has 1 N–H and O–H groups in total. The zero-order chi connectivity index (χ0) is 25.5. The molecule has 0 unspecified atom stereocenters. The Morgan fingerprint density at radius 2 is 1.58 bits per heavy atom. The molecule has 190 valence electrons. The van der Waals surface area contributed by atoms with Gasteiger partial charge >= 0.3 is 0 Å². The number of aromatic amines is 1.